The molecule has 3 heteroatoms. The molecule has 0 bridgehead atoms. The van der Waals surface area contributed by atoms with Crippen LogP contribution in [0.3, 0.4) is 0 Å². The third kappa shape index (κ3) is 4.31. The van der Waals surface area contributed by atoms with Gasteiger partial charge in [-0.05, 0) is 29.7 Å². The molecule has 0 spiro atoms. The van der Waals surface area contributed by atoms with Crippen LogP contribution in [-0.4, -0.2) is 18.8 Å². The van der Waals surface area contributed by atoms with Gasteiger partial charge in [0.1, 0.15) is 5.75 Å². The van der Waals surface area contributed by atoms with Crippen LogP contribution >= 0.6 is 0 Å². The summed E-state index contributed by atoms with van der Waals surface area (Å²) >= 11 is 0. The van der Waals surface area contributed by atoms with E-state index in [1.807, 2.05) is 42.5 Å². The minimum absolute atomic E-state index is 0.256. The maximum Gasteiger partial charge on any atom is 0.119 e. The number of aliphatic hydroxyl groups is 1. The Balaban J connectivity index is 1.97. The largest absolute Gasteiger partial charge is 0.497 e. The second kappa shape index (κ2) is 7.81. The van der Waals surface area contributed by atoms with E-state index in [-0.39, 0.29) is 6.04 Å². The number of aliphatic hydroxyl groups excluding tert-OH is 1. The molecule has 2 aromatic carbocycles. The first kappa shape index (κ1) is 15.5. The molecule has 2 unspecified atom stereocenters. The van der Waals surface area contributed by atoms with Crippen molar-refractivity contribution in [2.75, 3.05) is 13.7 Å². The molecule has 0 saturated carbocycles. The molecule has 2 aromatic rings. The predicted molar refractivity (Wildman–Crippen MR) is 85.4 cm³/mol. The zero-order chi connectivity index (χ0) is 15.1. The number of rotatable bonds is 7. The van der Waals surface area contributed by atoms with Gasteiger partial charge in [-0.3, -0.25) is 0 Å². The minimum atomic E-state index is -0.544. The molecular formula is C18H23NO2. The van der Waals surface area contributed by atoms with Gasteiger partial charge in [0.15, 0.2) is 0 Å². The lowest BCUT2D eigenvalue weighted by Crippen LogP contribution is -2.26. The fraction of sp³-hybridized carbons (Fsp3) is 0.333. The topological polar surface area (TPSA) is 41.5 Å². The Kier molecular flexibility index (Phi) is 5.78. The standard InChI is InChI=1S/C18H23NO2/c1-3-17(14-8-5-4-6-9-14)19-13-18(20)15-10-7-11-16(12-15)21-2/h4-12,17-20H,3,13H2,1-2H3. The quantitative estimate of drug-likeness (QED) is 0.818. The summed E-state index contributed by atoms with van der Waals surface area (Å²) in [5.74, 6) is 0.765. The number of benzene rings is 2. The Labute approximate surface area is 126 Å². The van der Waals surface area contributed by atoms with Gasteiger partial charge in [0, 0.05) is 12.6 Å². The zero-order valence-corrected chi connectivity index (χ0v) is 12.6. The van der Waals surface area contributed by atoms with Gasteiger partial charge >= 0.3 is 0 Å². The predicted octanol–water partition coefficient (Wildman–Crippen LogP) is 3.47. The van der Waals surface area contributed by atoms with E-state index in [1.54, 1.807) is 7.11 Å². The van der Waals surface area contributed by atoms with Gasteiger partial charge in [-0.25, -0.2) is 0 Å². The molecule has 0 saturated heterocycles. The number of hydrogen-bond donors (Lipinski definition) is 2. The highest BCUT2D eigenvalue weighted by Gasteiger charge is 2.13. The highest BCUT2D eigenvalue weighted by atomic mass is 16.5. The van der Waals surface area contributed by atoms with Crippen LogP contribution in [0.4, 0.5) is 0 Å². The van der Waals surface area contributed by atoms with Crippen molar-refractivity contribution in [1.29, 1.82) is 0 Å². The summed E-state index contributed by atoms with van der Waals surface area (Å²) in [6.07, 6.45) is 0.437. The lowest BCUT2D eigenvalue weighted by Gasteiger charge is -2.20. The highest BCUT2D eigenvalue weighted by molar-refractivity contribution is 5.30. The van der Waals surface area contributed by atoms with Crippen LogP contribution < -0.4 is 10.1 Å². The molecule has 0 radical (unpaired) electrons. The smallest absolute Gasteiger partial charge is 0.119 e. The Hall–Kier alpha value is -1.84. The summed E-state index contributed by atoms with van der Waals surface area (Å²) in [7, 11) is 1.63. The maximum atomic E-state index is 10.3. The lowest BCUT2D eigenvalue weighted by atomic mass is 10.0. The van der Waals surface area contributed by atoms with E-state index in [1.165, 1.54) is 5.56 Å². The average Bonchev–Trinajstić information content (AvgIpc) is 2.56. The van der Waals surface area contributed by atoms with Gasteiger partial charge in [-0.1, -0.05) is 49.4 Å². The van der Waals surface area contributed by atoms with Crippen LogP contribution in [0.2, 0.25) is 0 Å². The molecule has 0 amide bonds. The van der Waals surface area contributed by atoms with E-state index in [0.717, 1.165) is 17.7 Å². The monoisotopic (exact) mass is 285 g/mol. The Morgan fingerprint density at radius 2 is 1.76 bits per heavy atom. The van der Waals surface area contributed by atoms with E-state index in [2.05, 4.69) is 24.4 Å². The molecule has 2 N–H and O–H groups in total. The molecule has 0 aliphatic rings. The molecule has 21 heavy (non-hydrogen) atoms. The first-order valence-corrected chi connectivity index (χ1v) is 7.35. The van der Waals surface area contributed by atoms with E-state index in [0.29, 0.717) is 6.54 Å². The van der Waals surface area contributed by atoms with E-state index in [4.69, 9.17) is 4.74 Å². The highest BCUT2D eigenvalue weighted by Crippen LogP contribution is 2.21. The first-order valence-electron chi connectivity index (χ1n) is 7.35. The maximum absolute atomic E-state index is 10.3. The molecular weight excluding hydrogens is 262 g/mol. The summed E-state index contributed by atoms with van der Waals surface area (Å²) in [5.41, 5.74) is 2.11. The third-order valence-electron chi connectivity index (χ3n) is 3.65. The third-order valence-corrected chi connectivity index (χ3v) is 3.65. The molecule has 3 nitrogen and oxygen atoms in total. The molecule has 0 aliphatic heterocycles. The number of ether oxygens (including phenoxy) is 1. The SMILES string of the molecule is CCC(NCC(O)c1cccc(OC)c1)c1ccccc1. The van der Waals surface area contributed by atoms with Crippen molar-refractivity contribution in [1.82, 2.24) is 5.32 Å². The first-order chi connectivity index (χ1) is 10.2. The van der Waals surface area contributed by atoms with E-state index < -0.39 is 6.10 Å². The van der Waals surface area contributed by atoms with Gasteiger partial charge < -0.3 is 15.2 Å². The summed E-state index contributed by atoms with van der Waals surface area (Å²) in [6.45, 7) is 2.66. The summed E-state index contributed by atoms with van der Waals surface area (Å²) in [5, 5.41) is 13.7. The molecule has 2 rings (SSSR count). The van der Waals surface area contributed by atoms with Crippen molar-refractivity contribution in [3.8, 4) is 5.75 Å². The molecule has 2 atom stereocenters. The van der Waals surface area contributed by atoms with Crippen molar-refractivity contribution >= 4 is 0 Å². The van der Waals surface area contributed by atoms with Crippen LogP contribution in [0.5, 0.6) is 5.75 Å². The molecule has 0 aromatic heterocycles. The van der Waals surface area contributed by atoms with Crippen molar-refractivity contribution in [3.63, 3.8) is 0 Å². The van der Waals surface area contributed by atoms with Gasteiger partial charge in [-0.2, -0.15) is 0 Å². The van der Waals surface area contributed by atoms with Gasteiger partial charge in [0.25, 0.3) is 0 Å². The second-order valence-corrected chi connectivity index (χ2v) is 5.07. The van der Waals surface area contributed by atoms with Crippen molar-refractivity contribution in [3.05, 3.63) is 65.7 Å². The second-order valence-electron chi connectivity index (χ2n) is 5.07. The lowest BCUT2D eigenvalue weighted by molar-refractivity contribution is 0.169. The number of nitrogens with one attached hydrogen (secondary N) is 1. The van der Waals surface area contributed by atoms with Crippen LogP contribution in [0.25, 0.3) is 0 Å². The van der Waals surface area contributed by atoms with Gasteiger partial charge in [0.2, 0.25) is 0 Å². The Morgan fingerprint density at radius 3 is 2.43 bits per heavy atom. The van der Waals surface area contributed by atoms with Crippen molar-refractivity contribution in [2.45, 2.75) is 25.5 Å². The fourth-order valence-electron chi connectivity index (χ4n) is 2.40. The summed E-state index contributed by atoms with van der Waals surface area (Å²) < 4.78 is 5.19. The number of hydrogen-bond acceptors (Lipinski definition) is 3. The normalized spacial score (nSPS) is 13.7. The van der Waals surface area contributed by atoms with Crippen LogP contribution in [0, 0.1) is 0 Å². The van der Waals surface area contributed by atoms with Crippen LogP contribution in [0.1, 0.15) is 36.6 Å². The minimum Gasteiger partial charge on any atom is -0.497 e. The van der Waals surface area contributed by atoms with Crippen LogP contribution in [-0.2, 0) is 0 Å². The van der Waals surface area contributed by atoms with Gasteiger partial charge in [-0.15, -0.1) is 0 Å². The molecule has 0 aliphatic carbocycles. The molecule has 112 valence electrons. The van der Waals surface area contributed by atoms with Gasteiger partial charge in [0.05, 0.1) is 13.2 Å². The van der Waals surface area contributed by atoms with Crippen LogP contribution in [0.15, 0.2) is 54.6 Å². The van der Waals surface area contributed by atoms with E-state index >= 15 is 0 Å². The zero-order valence-electron chi connectivity index (χ0n) is 12.6. The molecule has 0 heterocycles. The Bertz CT molecular complexity index is 542. The Morgan fingerprint density at radius 1 is 1.05 bits per heavy atom. The fourth-order valence-corrected chi connectivity index (χ4v) is 2.40. The summed E-state index contributed by atoms with van der Waals surface area (Å²) in [6, 6.07) is 18.1. The average molecular weight is 285 g/mol. The number of methoxy groups -OCH3 is 1. The van der Waals surface area contributed by atoms with Crippen molar-refractivity contribution < 1.29 is 9.84 Å². The summed E-state index contributed by atoms with van der Waals surface area (Å²) in [4.78, 5) is 0. The molecule has 0 fully saturated rings. The van der Waals surface area contributed by atoms with E-state index in [9.17, 15) is 5.11 Å². The van der Waals surface area contributed by atoms with Crippen molar-refractivity contribution in [2.24, 2.45) is 0 Å².